The molecule has 74 valence electrons. The van der Waals surface area contributed by atoms with Crippen molar-refractivity contribution in [2.75, 3.05) is 0 Å². The van der Waals surface area contributed by atoms with E-state index in [4.69, 9.17) is 4.52 Å². The van der Waals surface area contributed by atoms with Crippen LogP contribution in [0.25, 0.3) is 0 Å². The number of rotatable bonds is 2. The molecule has 14 heavy (non-hydrogen) atoms. The van der Waals surface area contributed by atoms with Crippen molar-refractivity contribution in [3.63, 3.8) is 0 Å². The Kier molecular flexibility index (Phi) is 2.11. The molecule has 2 rings (SSSR count). The highest BCUT2D eigenvalue weighted by molar-refractivity contribution is 5.11. The minimum absolute atomic E-state index is 0.702. The van der Waals surface area contributed by atoms with Crippen LogP contribution in [0.4, 0.5) is 0 Å². The molecule has 0 spiro atoms. The van der Waals surface area contributed by atoms with E-state index in [1.165, 1.54) is 5.69 Å². The van der Waals surface area contributed by atoms with E-state index in [0.717, 1.165) is 17.1 Å². The minimum atomic E-state index is 0.702. The van der Waals surface area contributed by atoms with Gasteiger partial charge in [0, 0.05) is 11.8 Å². The van der Waals surface area contributed by atoms with E-state index in [1.54, 1.807) is 0 Å². The van der Waals surface area contributed by atoms with Crippen molar-refractivity contribution in [2.45, 2.75) is 27.3 Å². The predicted molar refractivity (Wildman–Crippen MR) is 52.0 cm³/mol. The van der Waals surface area contributed by atoms with Gasteiger partial charge in [0.1, 0.15) is 0 Å². The van der Waals surface area contributed by atoms with Gasteiger partial charge in [-0.3, -0.25) is 0 Å². The summed E-state index contributed by atoms with van der Waals surface area (Å²) in [4.78, 5) is 4.22. The Morgan fingerprint density at radius 1 is 1.36 bits per heavy atom. The first kappa shape index (κ1) is 8.99. The van der Waals surface area contributed by atoms with Crippen molar-refractivity contribution in [3.05, 3.63) is 35.2 Å². The summed E-state index contributed by atoms with van der Waals surface area (Å²) >= 11 is 0. The molecule has 0 aromatic carbocycles. The third-order valence-corrected chi connectivity index (χ3v) is 2.35. The van der Waals surface area contributed by atoms with Crippen molar-refractivity contribution < 1.29 is 4.52 Å². The molecule has 2 aromatic heterocycles. The third kappa shape index (κ3) is 1.55. The molecule has 0 aliphatic rings. The van der Waals surface area contributed by atoms with Gasteiger partial charge in [-0.1, -0.05) is 5.16 Å². The van der Waals surface area contributed by atoms with E-state index in [-0.39, 0.29) is 0 Å². The van der Waals surface area contributed by atoms with Crippen molar-refractivity contribution in [2.24, 2.45) is 0 Å². The van der Waals surface area contributed by atoms with Gasteiger partial charge in [0.2, 0.25) is 0 Å². The smallest absolute Gasteiger partial charge is 0.156 e. The fourth-order valence-electron chi connectivity index (χ4n) is 1.36. The van der Waals surface area contributed by atoms with Crippen LogP contribution in [-0.4, -0.2) is 14.7 Å². The van der Waals surface area contributed by atoms with Crippen LogP contribution in [0.1, 0.15) is 22.8 Å². The third-order valence-electron chi connectivity index (χ3n) is 2.35. The molecule has 4 heteroatoms. The van der Waals surface area contributed by atoms with Gasteiger partial charge in [-0.25, -0.2) is 4.98 Å². The molecule has 0 N–H and O–H groups in total. The Morgan fingerprint density at radius 2 is 2.14 bits per heavy atom. The lowest BCUT2D eigenvalue weighted by molar-refractivity contribution is 0.372. The molecule has 0 atom stereocenters. The zero-order valence-corrected chi connectivity index (χ0v) is 8.61. The zero-order chi connectivity index (χ0) is 10.1. The van der Waals surface area contributed by atoms with Crippen LogP contribution in [0.3, 0.4) is 0 Å². The highest BCUT2D eigenvalue weighted by Gasteiger charge is 2.05. The molecule has 4 nitrogen and oxygen atoms in total. The first-order valence-corrected chi connectivity index (χ1v) is 4.57. The lowest BCUT2D eigenvalue weighted by atomic mass is 10.3. The molecule has 0 saturated carbocycles. The SMILES string of the molecule is Cc1cc(Cn2cnc(C)c2C)on1. The van der Waals surface area contributed by atoms with Gasteiger partial charge >= 0.3 is 0 Å². The molecule has 0 unspecified atom stereocenters. The summed E-state index contributed by atoms with van der Waals surface area (Å²) in [7, 11) is 0. The van der Waals surface area contributed by atoms with Crippen LogP contribution in [0, 0.1) is 20.8 Å². The average Bonchev–Trinajstić information content (AvgIpc) is 2.67. The van der Waals surface area contributed by atoms with Crippen molar-refractivity contribution in [1.29, 1.82) is 0 Å². The fourth-order valence-corrected chi connectivity index (χ4v) is 1.36. The summed E-state index contributed by atoms with van der Waals surface area (Å²) in [5.41, 5.74) is 3.13. The second-order valence-electron chi connectivity index (χ2n) is 3.48. The maximum Gasteiger partial charge on any atom is 0.156 e. The number of aryl methyl sites for hydroxylation is 2. The molecule has 2 aromatic rings. The monoisotopic (exact) mass is 191 g/mol. The van der Waals surface area contributed by atoms with E-state index in [2.05, 4.69) is 14.7 Å². The summed E-state index contributed by atoms with van der Waals surface area (Å²) < 4.78 is 7.18. The highest BCUT2D eigenvalue weighted by Crippen LogP contribution is 2.09. The van der Waals surface area contributed by atoms with Gasteiger partial charge in [0.15, 0.2) is 5.76 Å². The Hall–Kier alpha value is -1.58. The fraction of sp³-hybridized carbons (Fsp3) is 0.400. The van der Waals surface area contributed by atoms with Crippen molar-refractivity contribution in [1.82, 2.24) is 14.7 Å². The lowest BCUT2D eigenvalue weighted by Crippen LogP contribution is -1.99. The van der Waals surface area contributed by atoms with E-state index in [9.17, 15) is 0 Å². The molecule has 0 aliphatic carbocycles. The predicted octanol–water partition coefficient (Wildman–Crippen LogP) is 1.84. The quantitative estimate of drug-likeness (QED) is 0.727. The van der Waals surface area contributed by atoms with Gasteiger partial charge < -0.3 is 9.09 Å². The average molecular weight is 191 g/mol. The summed E-state index contributed by atoms with van der Waals surface area (Å²) in [5, 5.41) is 3.84. The van der Waals surface area contributed by atoms with E-state index in [1.807, 2.05) is 33.2 Å². The molecule has 0 radical (unpaired) electrons. The lowest BCUT2D eigenvalue weighted by Gasteiger charge is -2.00. The Labute approximate surface area is 82.6 Å². The van der Waals surface area contributed by atoms with E-state index < -0.39 is 0 Å². The molecule has 2 heterocycles. The molecule has 0 saturated heterocycles. The van der Waals surface area contributed by atoms with Crippen molar-refractivity contribution >= 4 is 0 Å². The largest absolute Gasteiger partial charge is 0.359 e. The van der Waals surface area contributed by atoms with Gasteiger partial charge in [0.25, 0.3) is 0 Å². The summed E-state index contributed by atoms with van der Waals surface area (Å²) in [5.74, 6) is 0.864. The maximum atomic E-state index is 5.13. The molecular weight excluding hydrogens is 178 g/mol. The number of hydrogen-bond acceptors (Lipinski definition) is 3. The minimum Gasteiger partial charge on any atom is -0.359 e. The van der Waals surface area contributed by atoms with Crippen LogP contribution in [0.5, 0.6) is 0 Å². The molecule has 0 aliphatic heterocycles. The van der Waals surface area contributed by atoms with Gasteiger partial charge in [0.05, 0.1) is 24.3 Å². The van der Waals surface area contributed by atoms with Crippen LogP contribution in [-0.2, 0) is 6.54 Å². The topological polar surface area (TPSA) is 43.9 Å². The molecule has 0 amide bonds. The number of nitrogens with zero attached hydrogens (tertiary/aromatic N) is 3. The van der Waals surface area contributed by atoms with Crippen LogP contribution >= 0.6 is 0 Å². The van der Waals surface area contributed by atoms with E-state index in [0.29, 0.717) is 6.54 Å². The Morgan fingerprint density at radius 3 is 2.64 bits per heavy atom. The van der Waals surface area contributed by atoms with E-state index >= 15 is 0 Å². The normalized spacial score (nSPS) is 10.8. The van der Waals surface area contributed by atoms with Gasteiger partial charge in [-0.15, -0.1) is 0 Å². The van der Waals surface area contributed by atoms with Gasteiger partial charge in [-0.05, 0) is 20.8 Å². The Bertz CT molecular complexity index is 442. The molecule has 0 fully saturated rings. The molecular formula is C10H13N3O. The maximum absolute atomic E-state index is 5.13. The second kappa shape index (κ2) is 3.29. The Balaban J connectivity index is 2.22. The number of hydrogen-bond donors (Lipinski definition) is 0. The van der Waals surface area contributed by atoms with Gasteiger partial charge in [-0.2, -0.15) is 0 Å². The van der Waals surface area contributed by atoms with Crippen molar-refractivity contribution in [3.8, 4) is 0 Å². The van der Waals surface area contributed by atoms with Crippen LogP contribution < -0.4 is 0 Å². The first-order valence-electron chi connectivity index (χ1n) is 4.57. The van der Waals surface area contributed by atoms with Crippen LogP contribution in [0.2, 0.25) is 0 Å². The number of imidazole rings is 1. The number of aromatic nitrogens is 3. The molecule has 0 bridgehead atoms. The summed E-state index contributed by atoms with van der Waals surface area (Å²) in [6, 6.07) is 1.94. The first-order chi connectivity index (χ1) is 6.66. The highest BCUT2D eigenvalue weighted by atomic mass is 16.5. The van der Waals surface area contributed by atoms with Crippen LogP contribution in [0.15, 0.2) is 16.9 Å². The second-order valence-corrected chi connectivity index (χ2v) is 3.48. The zero-order valence-electron chi connectivity index (χ0n) is 8.61. The summed E-state index contributed by atoms with van der Waals surface area (Å²) in [6.45, 7) is 6.66. The summed E-state index contributed by atoms with van der Waals surface area (Å²) in [6.07, 6.45) is 1.82. The standard InChI is InChI=1S/C10H13N3O/c1-7-4-10(14-12-7)5-13-6-11-8(2)9(13)3/h4,6H,5H2,1-3H3.